The van der Waals surface area contributed by atoms with Crippen molar-refractivity contribution in [1.82, 2.24) is 0 Å². The molecule has 0 spiro atoms. The molecule has 88 valence electrons. The molecule has 0 rings (SSSR count). The molecule has 0 aromatic rings. The monoisotopic (exact) mass is 216 g/mol. The molecule has 0 aromatic heterocycles. The summed E-state index contributed by atoms with van der Waals surface area (Å²) in [5, 5.41) is 0. The first kappa shape index (κ1) is 14.1. The number of unbranched alkanes of at least 4 members (excludes halogenated alkanes) is 1. The molecule has 0 aliphatic rings. The second-order valence-corrected chi connectivity index (χ2v) is 3.22. The van der Waals surface area contributed by atoms with Gasteiger partial charge in [-0.2, -0.15) is 4.89 Å². The second kappa shape index (κ2) is 8.44. The Labute approximate surface area is 91.1 Å². The summed E-state index contributed by atoms with van der Waals surface area (Å²) in [5.41, 5.74) is 0.385. The quantitative estimate of drug-likeness (QED) is 0.206. The molecule has 0 bridgehead atoms. The summed E-state index contributed by atoms with van der Waals surface area (Å²) in [6, 6.07) is 0. The minimum absolute atomic E-state index is 0.385. The maximum absolute atomic E-state index is 11.1. The minimum atomic E-state index is -0.538. The van der Waals surface area contributed by atoms with Gasteiger partial charge in [-0.1, -0.05) is 26.8 Å². The summed E-state index contributed by atoms with van der Waals surface area (Å²) in [4.78, 5) is 20.4. The van der Waals surface area contributed by atoms with Crippen LogP contribution in [0.5, 0.6) is 0 Å². The van der Waals surface area contributed by atoms with Gasteiger partial charge in [-0.3, -0.25) is 4.89 Å². The molecular weight excluding hydrogens is 196 g/mol. The lowest BCUT2D eigenvalue weighted by molar-refractivity contribution is -0.344. The van der Waals surface area contributed by atoms with Crippen LogP contribution in [0.1, 0.15) is 40.0 Å². The molecule has 1 atom stereocenters. The normalized spacial score (nSPS) is 12.2. The van der Waals surface area contributed by atoms with Crippen LogP contribution in [-0.4, -0.2) is 18.9 Å². The molecule has 4 heteroatoms. The van der Waals surface area contributed by atoms with Crippen molar-refractivity contribution in [3.63, 3.8) is 0 Å². The highest BCUT2D eigenvalue weighted by Gasteiger charge is 2.10. The smallest absolute Gasteiger partial charge is 0.349 e. The first-order valence-corrected chi connectivity index (χ1v) is 5.28. The maximum atomic E-state index is 11.1. The van der Waals surface area contributed by atoms with Gasteiger partial charge in [-0.05, 0) is 19.8 Å². The van der Waals surface area contributed by atoms with Gasteiger partial charge >= 0.3 is 5.97 Å². The molecule has 0 heterocycles. The Bertz CT molecular complexity index is 201. The molecule has 4 nitrogen and oxygen atoms in total. The highest BCUT2D eigenvalue weighted by atomic mass is 17.2. The Hall–Kier alpha value is -0.870. The van der Waals surface area contributed by atoms with Gasteiger partial charge in [-0.25, -0.2) is 4.79 Å². The Balaban J connectivity index is 3.57. The van der Waals surface area contributed by atoms with Crippen LogP contribution in [0.15, 0.2) is 12.2 Å². The van der Waals surface area contributed by atoms with Crippen LogP contribution >= 0.6 is 0 Å². The lowest BCUT2D eigenvalue weighted by atomic mass is 10.2. The fourth-order valence-corrected chi connectivity index (χ4v) is 0.736. The fourth-order valence-electron chi connectivity index (χ4n) is 0.736. The summed E-state index contributed by atoms with van der Waals surface area (Å²) in [6.45, 7) is 9.70. The van der Waals surface area contributed by atoms with E-state index in [9.17, 15) is 4.79 Å². The van der Waals surface area contributed by atoms with E-state index >= 15 is 0 Å². The van der Waals surface area contributed by atoms with E-state index in [0.717, 1.165) is 12.8 Å². The van der Waals surface area contributed by atoms with E-state index in [1.807, 2.05) is 6.92 Å². The van der Waals surface area contributed by atoms with Crippen LogP contribution in [0, 0.1) is 0 Å². The predicted octanol–water partition coefficient (Wildman–Crippen LogP) is 2.59. The molecular formula is C11H20O4. The van der Waals surface area contributed by atoms with Crippen molar-refractivity contribution < 1.29 is 19.3 Å². The summed E-state index contributed by atoms with van der Waals surface area (Å²) >= 11 is 0. The molecule has 0 aliphatic heterocycles. The fraction of sp³-hybridized carbons (Fsp3) is 0.727. The van der Waals surface area contributed by atoms with E-state index in [0.29, 0.717) is 18.6 Å². The lowest BCUT2D eigenvalue weighted by Gasteiger charge is -2.12. The Morgan fingerprint density at radius 3 is 2.60 bits per heavy atom. The van der Waals surface area contributed by atoms with Crippen LogP contribution in [0.25, 0.3) is 0 Å². The number of hydrogen-bond acceptors (Lipinski definition) is 4. The van der Waals surface area contributed by atoms with E-state index < -0.39 is 12.3 Å². The summed E-state index contributed by atoms with van der Waals surface area (Å²) in [7, 11) is 0. The topological polar surface area (TPSA) is 44.8 Å². The maximum Gasteiger partial charge on any atom is 0.368 e. The van der Waals surface area contributed by atoms with Crippen LogP contribution < -0.4 is 0 Å². The van der Waals surface area contributed by atoms with E-state index in [-0.39, 0.29) is 0 Å². The molecule has 15 heavy (non-hydrogen) atoms. The van der Waals surface area contributed by atoms with Crippen molar-refractivity contribution in [2.75, 3.05) is 6.61 Å². The number of rotatable bonds is 8. The zero-order valence-electron chi connectivity index (χ0n) is 9.75. The molecule has 0 radical (unpaired) electrons. The predicted molar refractivity (Wildman–Crippen MR) is 56.9 cm³/mol. The molecule has 0 aliphatic carbocycles. The number of hydrogen-bond donors (Lipinski definition) is 0. The standard InChI is InChI=1S/C11H20O4/c1-5-7-8-13-10(4)14-15-11(12)9(3)6-2/h10H,3,5-8H2,1-2,4H3. The van der Waals surface area contributed by atoms with E-state index in [2.05, 4.69) is 18.4 Å². The van der Waals surface area contributed by atoms with Gasteiger partial charge in [0.25, 0.3) is 0 Å². The van der Waals surface area contributed by atoms with Crippen molar-refractivity contribution in [3.05, 3.63) is 12.2 Å². The third kappa shape index (κ3) is 7.11. The van der Waals surface area contributed by atoms with Crippen molar-refractivity contribution in [2.24, 2.45) is 0 Å². The molecule has 0 fully saturated rings. The number of carbonyl (C=O) groups excluding carboxylic acids is 1. The van der Waals surface area contributed by atoms with Gasteiger partial charge in [0.05, 0.1) is 0 Å². The Kier molecular flexibility index (Phi) is 7.95. The van der Waals surface area contributed by atoms with Crippen molar-refractivity contribution in [3.8, 4) is 0 Å². The highest BCUT2D eigenvalue weighted by Crippen LogP contribution is 2.03. The molecule has 0 saturated heterocycles. The van der Waals surface area contributed by atoms with Crippen molar-refractivity contribution in [2.45, 2.75) is 46.3 Å². The summed E-state index contributed by atoms with van der Waals surface area (Å²) in [5.74, 6) is -0.538. The molecule has 1 unspecified atom stereocenters. The lowest BCUT2D eigenvalue weighted by Crippen LogP contribution is -2.17. The Morgan fingerprint density at radius 2 is 2.07 bits per heavy atom. The largest absolute Gasteiger partial charge is 0.368 e. The third-order valence-corrected chi connectivity index (χ3v) is 1.83. The highest BCUT2D eigenvalue weighted by molar-refractivity contribution is 5.87. The average molecular weight is 216 g/mol. The minimum Gasteiger partial charge on any atom is -0.349 e. The van der Waals surface area contributed by atoms with Crippen LogP contribution in [0.4, 0.5) is 0 Å². The van der Waals surface area contributed by atoms with E-state index in [1.165, 1.54) is 0 Å². The summed E-state index contributed by atoms with van der Waals surface area (Å²) < 4.78 is 5.22. The van der Waals surface area contributed by atoms with Gasteiger partial charge in [-0.15, -0.1) is 0 Å². The van der Waals surface area contributed by atoms with E-state index in [4.69, 9.17) is 9.62 Å². The first-order valence-electron chi connectivity index (χ1n) is 5.28. The van der Waals surface area contributed by atoms with Gasteiger partial charge in [0.1, 0.15) is 0 Å². The van der Waals surface area contributed by atoms with E-state index in [1.54, 1.807) is 6.92 Å². The van der Waals surface area contributed by atoms with Crippen LogP contribution in [0.2, 0.25) is 0 Å². The first-order chi connectivity index (χ1) is 7.11. The zero-order valence-corrected chi connectivity index (χ0v) is 9.75. The van der Waals surface area contributed by atoms with Gasteiger partial charge in [0.2, 0.25) is 0 Å². The SMILES string of the molecule is C=C(CC)C(=O)OOC(C)OCCCC. The number of carbonyl (C=O) groups is 1. The van der Waals surface area contributed by atoms with Crippen LogP contribution in [0.3, 0.4) is 0 Å². The van der Waals surface area contributed by atoms with Crippen LogP contribution in [-0.2, 0) is 19.3 Å². The van der Waals surface area contributed by atoms with Gasteiger partial charge < -0.3 is 4.74 Å². The summed E-state index contributed by atoms with van der Waals surface area (Å²) in [6.07, 6.45) is 2.03. The van der Waals surface area contributed by atoms with Crippen molar-refractivity contribution in [1.29, 1.82) is 0 Å². The molecule has 0 amide bonds. The number of ether oxygens (including phenoxy) is 1. The Morgan fingerprint density at radius 1 is 1.40 bits per heavy atom. The molecule has 0 aromatic carbocycles. The molecule has 0 saturated carbocycles. The second-order valence-electron chi connectivity index (χ2n) is 3.22. The zero-order chi connectivity index (χ0) is 11.7. The van der Waals surface area contributed by atoms with Gasteiger partial charge in [0.15, 0.2) is 6.29 Å². The van der Waals surface area contributed by atoms with Gasteiger partial charge in [0, 0.05) is 12.2 Å². The average Bonchev–Trinajstić information content (AvgIpc) is 2.25. The van der Waals surface area contributed by atoms with Crippen molar-refractivity contribution >= 4 is 5.97 Å². The third-order valence-electron chi connectivity index (χ3n) is 1.83. The molecule has 0 N–H and O–H groups in total.